The largest absolute Gasteiger partial charge is 0.507 e. The van der Waals surface area contributed by atoms with Gasteiger partial charge in [0.25, 0.3) is 5.56 Å². The number of aromatic amines is 1. The van der Waals surface area contributed by atoms with E-state index in [0.717, 1.165) is 10.7 Å². The molecule has 0 aromatic carbocycles. The van der Waals surface area contributed by atoms with Crippen molar-refractivity contribution < 1.29 is 24.2 Å². The van der Waals surface area contributed by atoms with E-state index in [9.17, 15) is 19.5 Å². The maximum Gasteiger partial charge on any atom is 0.359 e. The lowest BCUT2D eigenvalue weighted by molar-refractivity contribution is -0.141. The maximum absolute atomic E-state index is 11.8. The van der Waals surface area contributed by atoms with Crippen LogP contribution in [0.2, 0.25) is 0 Å². The molecule has 0 spiro atoms. The minimum Gasteiger partial charge on any atom is -0.507 e. The van der Waals surface area contributed by atoms with E-state index in [1.165, 1.54) is 7.11 Å². The lowest BCUT2D eigenvalue weighted by Crippen LogP contribution is -2.15. The van der Waals surface area contributed by atoms with Crippen LogP contribution in [-0.4, -0.2) is 45.5 Å². The normalized spacial score (nSPS) is 10.6. The average molecular weight is 295 g/mol. The van der Waals surface area contributed by atoms with Crippen LogP contribution in [-0.2, 0) is 20.8 Å². The topological polar surface area (TPSA) is 124 Å². The third-order valence-corrected chi connectivity index (χ3v) is 2.69. The number of esters is 2. The van der Waals surface area contributed by atoms with Crippen molar-refractivity contribution in [1.29, 1.82) is 0 Å². The number of nitrogens with one attached hydrogen (secondary N) is 1. The van der Waals surface area contributed by atoms with Crippen LogP contribution in [0.1, 0.15) is 17.4 Å². The molecular weight excluding hydrogens is 282 g/mol. The molecule has 0 aliphatic heterocycles. The number of hydrogen-bond donors (Lipinski definition) is 2. The highest BCUT2D eigenvalue weighted by atomic mass is 16.5. The number of carbonyl (C=O) groups excluding carboxylic acids is 2. The van der Waals surface area contributed by atoms with E-state index < -0.39 is 23.2 Å². The van der Waals surface area contributed by atoms with Crippen molar-refractivity contribution in [2.24, 2.45) is 0 Å². The molecule has 0 saturated carbocycles. The number of methoxy groups -OCH3 is 1. The van der Waals surface area contributed by atoms with Gasteiger partial charge in [0, 0.05) is 6.07 Å². The number of carbonyl (C=O) groups is 2. The van der Waals surface area contributed by atoms with Crippen LogP contribution in [0.25, 0.3) is 11.0 Å². The molecule has 9 nitrogen and oxygen atoms in total. The first-order valence-corrected chi connectivity index (χ1v) is 6.04. The van der Waals surface area contributed by atoms with Gasteiger partial charge < -0.3 is 19.6 Å². The number of rotatable bonds is 4. The van der Waals surface area contributed by atoms with Gasteiger partial charge in [0.15, 0.2) is 5.69 Å². The number of pyridine rings is 1. The number of H-pyrrole nitrogens is 1. The second-order valence-corrected chi connectivity index (χ2v) is 4.05. The minimum atomic E-state index is -0.770. The molecule has 2 aromatic rings. The highest BCUT2D eigenvalue weighted by Crippen LogP contribution is 2.25. The second kappa shape index (κ2) is 5.65. The van der Waals surface area contributed by atoms with Crippen molar-refractivity contribution >= 4 is 23.0 Å². The monoisotopic (exact) mass is 295 g/mol. The summed E-state index contributed by atoms with van der Waals surface area (Å²) >= 11 is 0. The Morgan fingerprint density at radius 1 is 1.48 bits per heavy atom. The first-order valence-electron chi connectivity index (χ1n) is 6.04. The number of aromatic nitrogens is 3. The Morgan fingerprint density at radius 3 is 2.81 bits per heavy atom. The summed E-state index contributed by atoms with van der Waals surface area (Å²) in [6.45, 7) is 1.41. The zero-order chi connectivity index (χ0) is 15.6. The van der Waals surface area contributed by atoms with Gasteiger partial charge >= 0.3 is 11.9 Å². The third kappa shape index (κ3) is 2.71. The van der Waals surface area contributed by atoms with Gasteiger partial charge in [-0.25, -0.2) is 9.48 Å². The molecule has 0 atom stereocenters. The highest BCUT2D eigenvalue weighted by Gasteiger charge is 2.23. The molecule has 0 amide bonds. The predicted molar refractivity (Wildman–Crippen MR) is 70.0 cm³/mol. The van der Waals surface area contributed by atoms with Crippen LogP contribution in [0.3, 0.4) is 0 Å². The zero-order valence-corrected chi connectivity index (χ0v) is 11.4. The Labute approximate surface area is 118 Å². The number of fused-ring (bicyclic) bond motifs is 1. The molecule has 0 aliphatic carbocycles. The lowest BCUT2D eigenvalue weighted by atomic mass is 10.2. The van der Waals surface area contributed by atoms with Gasteiger partial charge in [0.05, 0.1) is 19.1 Å². The highest BCUT2D eigenvalue weighted by molar-refractivity contribution is 6.03. The molecule has 2 heterocycles. The second-order valence-electron chi connectivity index (χ2n) is 4.05. The van der Waals surface area contributed by atoms with Gasteiger partial charge in [-0.15, -0.1) is 0 Å². The van der Waals surface area contributed by atoms with Crippen molar-refractivity contribution in [2.45, 2.75) is 13.5 Å². The van der Waals surface area contributed by atoms with Crippen molar-refractivity contribution in [2.75, 3.05) is 13.7 Å². The molecule has 0 radical (unpaired) electrons. The van der Waals surface area contributed by atoms with Gasteiger partial charge in [0.1, 0.15) is 17.9 Å². The number of nitrogens with zero attached hydrogens (tertiary/aromatic N) is 2. The van der Waals surface area contributed by atoms with Crippen LogP contribution in [0.5, 0.6) is 5.75 Å². The number of ether oxygens (including phenoxy) is 2. The number of hydrogen-bond acceptors (Lipinski definition) is 7. The summed E-state index contributed by atoms with van der Waals surface area (Å²) in [7, 11) is 1.19. The standard InChI is InChI=1S/C12H13N3O6/c1-3-21-12(19)10-9-6(16)4-7(17)13-11(9)15(14-10)5-8(18)20-2/h4H,3,5H2,1-2H3,(H2,13,16,17). The Kier molecular flexibility index (Phi) is 3.92. The summed E-state index contributed by atoms with van der Waals surface area (Å²) < 4.78 is 10.4. The lowest BCUT2D eigenvalue weighted by Gasteiger charge is -2.01. The van der Waals surface area contributed by atoms with Gasteiger partial charge in [-0.3, -0.25) is 9.59 Å². The molecule has 2 rings (SSSR count). The van der Waals surface area contributed by atoms with Crippen molar-refractivity contribution in [3.8, 4) is 5.75 Å². The fraction of sp³-hybridized carbons (Fsp3) is 0.333. The Morgan fingerprint density at radius 2 is 2.19 bits per heavy atom. The van der Waals surface area contributed by atoms with Crippen molar-refractivity contribution in [3.05, 3.63) is 22.1 Å². The molecule has 2 N–H and O–H groups in total. The maximum atomic E-state index is 11.8. The Hall–Kier alpha value is -2.84. The third-order valence-electron chi connectivity index (χ3n) is 2.69. The van der Waals surface area contributed by atoms with Crippen LogP contribution >= 0.6 is 0 Å². The molecule has 21 heavy (non-hydrogen) atoms. The molecule has 9 heteroatoms. The minimum absolute atomic E-state index is 0.0111. The summed E-state index contributed by atoms with van der Waals surface area (Å²) in [6.07, 6.45) is 0. The van der Waals surface area contributed by atoms with E-state index in [1.807, 2.05) is 0 Å². The van der Waals surface area contributed by atoms with Gasteiger partial charge in [0.2, 0.25) is 0 Å². The molecule has 112 valence electrons. The summed E-state index contributed by atoms with van der Waals surface area (Å²) in [4.78, 5) is 37.0. The van der Waals surface area contributed by atoms with E-state index in [0.29, 0.717) is 0 Å². The molecule has 0 fully saturated rings. The van der Waals surface area contributed by atoms with Crippen LogP contribution in [0.4, 0.5) is 0 Å². The van der Waals surface area contributed by atoms with Crippen molar-refractivity contribution in [3.63, 3.8) is 0 Å². The zero-order valence-electron chi connectivity index (χ0n) is 11.4. The van der Waals surface area contributed by atoms with Crippen LogP contribution in [0.15, 0.2) is 10.9 Å². The van der Waals surface area contributed by atoms with E-state index >= 15 is 0 Å². The van der Waals surface area contributed by atoms with E-state index in [1.54, 1.807) is 6.92 Å². The fourth-order valence-electron chi connectivity index (χ4n) is 1.82. The number of aromatic hydroxyl groups is 1. The summed E-state index contributed by atoms with van der Waals surface area (Å²) in [5.41, 5.74) is -0.751. The van der Waals surface area contributed by atoms with E-state index in [4.69, 9.17) is 4.74 Å². The van der Waals surface area contributed by atoms with E-state index in [-0.39, 0.29) is 29.9 Å². The van der Waals surface area contributed by atoms with Crippen LogP contribution < -0.4 is 5.56 Å². The molecule has 2 aromatic heterocycles. The van der Waals surface area contributed by atoms with E-state index in [2.05, 4.69) is 14.8 Å². The molecular formula is C12H13N3O6. The van der Waals surface area contributed by atoms with Gasteiger partial charge in [-0.1, -0.05) is 0 Å². The van der Waals surface area contributed by atoms with Gasteiger partial charge in [-0.2, -0.15) is 5.10 Å². The predicted octanol–water partition coefficient (Wildman–Crippen LogP) is -0.220. The smallest absolute Gasteiger partial charge is 0.359 e. The average Bonchev–Trinajstić information content (AvgIpc) is 2.78. The Balaban J connectivity index is 2.67. The quantitative estimate of drug-likeness (QED) is 0.747. The van der Waals surface area contributed by atoms with Crippen molar-refractivity contribution in [1.82, 2.24) is 14.8 Å². The SMILES string of the molecule is CCOC(=O)c1nn(CC(=O)OC)c2[nH]c(=O)cc(O)c12. The fourth-order valence-corrected chi connectivity index (χ4v) is 1.82. The molecule has 0 unspecified atom stereocenters. The molecule has 0 aliphatic rings. The first kappa shape index (κ1) is 14.6. The Bertz CT molecular complexity index is 760. The summed E-state index contributed by atoms with van der Waals surface area (Å²) in [5, 5.41) is 13.8. The van der Waals surface area contributed by atoms with Crippen LogP contribution in [0, 0.1) is 0 Å². The molecule has 0 bridgehead atoms. The summed E-state index contributed by atoms with van der Waals surface area (Å²) in [5.74, 6) is -1.82. The van der Waals surface area contributed by atoms with Gasteiger partial charge in [-0.05, 0) is 6.92 Å². The summed E-state index contributed by atoms with van der Waals surface area (Å²) in [6, 6.07) is 0.912. The first-order chi connectivity index (χ1) is 9.97. The molecule has 0 saturated heterocycles.